The monoisotopic (exact) mass is 354 g/mol. The fourth-order valence-corrected chi connectivity index (χ4v) is 4.00. The number of hydrogen-bond donors (Lipinski definition) is 4. The standard InChI is InChI=1S/C15H22N4O4S/c1-10(20)19-8-3-2-5-11(19)9-23-13-7-4-6-12-14(13)15(16)18-24(21,22)17-12/h4,6-7,11,17,21-22H,2-3,5,8-9H2,1H3,(H2,16,18). The van der Waals surface area contributed by atoms with Gasteiger partial charge in [0.15, 0.2) is 5.84 Å². The molecular formula is C15H22N4O4S. The predicted octanol–water partition coefficient (Wildman–Crippen LogP) is 2.18. The Labute approximate surface area is 142 Å². The molecule has 9 heteroatoms. The summed E-state index contributed by atoms with van der Waals surface area (Å²) in [5.41, 5.74) is 6.85. The van der Waals surface area contributed by atoms with E-state index in [0.717, 1.165) is 25.8 Å². The minimum absolute atomic E-state index is 0.0198. The summed E-state index contributed by atoms with van der Waals surface area (Å²) in [5.74, 6) is 0.576. The average molecular weight is 354 g/mol. The van der Waals surface area contributed by atoms with Crippen LogP contribution < -0.4 is 15.2 Å². The number of amides is 1. The maximum atomic E-state index is 11.7. The summed E-state index contributed by atoms with van der Waals surface area (Å²) in [5, 5.41) is 0. The molecule has 1 saturated heterocycles. The van der Waals surface area contributed by atoms with E-state index in [1.54, 1.807) is 25.1 Å². The van der Waals surface area contributed by atoms with Crippen molar-refractivity contribution >= 4 is 28.4 Å². The highest BCUT2D eigenvalue weighted by molar-refractivity contribution is 8.24. The number of piperidine rings is 1. The molecule has 8 nitrogen and oxygen atoms in total. The van der Waals surface area contributed by atoms with Crippen LogP contribution in [0.15, 0.2) is 22.6 Å². The Kier molecular flexibility index (Phi) is 4.57. The number of hydrogen-bond acceptors (Lipinski definition) is 7. The molecule has 1 aromatic carbocycles. The lowest BCUT2D eigenvalue weighted by molar-refractivity contribution is -0.133. The molecule has 3 rings (SSSR count). The zero-order valence-electron chi connectivity index (χ0n) is 13.4. The number of rotatable bonds is 3. The molecule has 0 aromatic heterocycles. The number of likely N-dealkylation sites (tertiary alicyclic amines) is 1. The summed E-state index contributed by atoms with van der Waals surface area (Å²) in [4.78, 5) is 13.6. The summed E-state index contributed by atoms with van der Waals surface area (Å²) < 4.78 is 31.5. The van der Waals surface area contributed by atoms with E-state index in [9.17, 15) is 13.9 Å². The smallest absolute Gasteiger partial charge is 0.219 e. The van der Waals surface area contributed by atoms with Crippen LogP contribution in [0, 0.1) is 0 Å². The molecule has 0 spiro atoms. The number of nitrogens with two attached hydrogens (primary N) is 1. The summed E-state index contributed by atoms with van der Waals surface area (Å²) >= 11 is 0. The molecule has 2 heterocycles. The minimum Gasteiger partial charge on any atom is -0.491 e. The second-order valence-corrected chi connectivity index (χ2v) is 7.37. The first-order valence-corrected chi connectivity index (χ1v) is 9.32. The van der Waals surface area contributed by atoms with Crippen molar-refractivity contribution in [3.05, 3.63) is 23.8 Å². The average Bonchev–Trinajstić information content (AvgIpc) is 2.51. The van der Waals surface area contributed by atoms with E-state index in [-0.39, 0.29) is 17.8 Å². The number of amidine groups is 1. The van der Waals surface area contributed by atoms with E-state index < -0.39 is 11.0 Å². The molecule has 2 aliphatic rings. The molecule has 1 amide bonds. The first kappa shape index (κ1) is 16.9. The van der Waals surface area contributed by atoms with Crippen molar-refractivity contribution in [2.45, 2.75) is 32.2 Å². The van der Waals surface area contributed by atoms with E-state index in [1.807, 2.05) is 4.90 Å². The van der Waals surface area contributed by atoms with Gasteiger partial charge in [-0.2, -0.15) is 0 Å². The third kappa shape index (κ3) is 3.42. The highest BCUT2D eigenvalue weighted by atomic mass is 32.3. The SMILES string of the molecule is CC(=O)N1CCCCC1COc1cccc2c1C(N)=NS(O)(O)N2. The molecule has 24 heavy (non-hydrogen) atoms. The van der Waals surface area contributed by atoms with Crippen molar-refractivity contribution in [2.24, 2.45) is 10.1 Å². The molecule has 0 radical (unpaired) electrons. The normalized spacial score (nSPS) is 23.5. The molecule has 1 atom stereocenters. The number of anilines is 1. The number of ether oxygens (including phenoxy) is 1. The third-order valence-corrected chi connectivity index (χ3v) is 5.16. The molecule has 0 saturated carbocycles. The minimum atomic E-state index is -3.31. The lowest BCUT2D eigenvalue weighted by atomic mass is 10.0. The van der Waals surface area contributed by atoms with E-state index in [4.69, 9.17) is 10.5 Å². The van der Waals surface area contributed by atoms with Gasteiger partial charge in [-0.3, -0.25) is 18.6 Å². The van der Waals surface area contributed by atoms with Gasteiger partial charge >= 0.3 is 0 Å². The van der Waals surface area contributed by atoms with Gasteiger partial charge in [-0.15, -0.1) is 4.40 Å². The van der Waals surface area contributed by atoms with Gasteiger partial charge in [0, 0.05) is 13.5 Å². The van der Waals surface area contributed by atoms with Gasteiger partial charge in [0.25, 0.3) is 0 Å². The number of carbonyl (C=O) groups excluding carboxylic acids is 1. The van der Waals surface area contributed by atoms with Gasteiger partial charge < -0.3 is 15.4 Å². The molecule has 1 fully saturated rings. The van der Waals surface area contributed by atoms with Gasteiger partial charge in [0.2, 0.25) is 5.91 Å². The topological polar surface area (TPSA) is 120 Å². The first-order valence-electron chi connectivity index (χ1n) is 7.82. The van der Waals surface area contributed by atoms with Crippen LogP contribution in [-0.2, 0) is 4.79 Å². The zero-order valence-corrected chi connectivity index (χ0v) is 14.3. The number of nitrogens with zero attached hydrogens (tertiary/aromatic N) is 2. The molecule has 1 aromatic rings. The number of nitrogens with one attached hydrogen (secondary N) is 1. The van der Waals surface area contributed by atoms with Crippen molar-refractivity contribution in [2.75, 3.05) is 17.9 Å². The summed E-state index contributed by atoms with van der Waals surface area (Å²) in [6.07, 6.45) is 2.98. The largest absolute Gasteiger partial charge is 0.491 e. The summed E-state index contributed by atoms with van der Waals surface area (Å²) in [7, 11) is -3.31. The maximum Gasteiger partial charge on any atom is 0.219 e. The van der Waals surface area contributed by atoms with E-state index in [1.165, 1.54) is 0 Å². The van der Waals surface area contributed by atoms with Crippen LogP contribution in [0.4, 0.5) is 5.69 Å². The van der Waals surface area contributed by atoms with Crippen molar-refractivity contribution in [3.8, 4) is 5.75 Å². The maximum absolute atomic E-state index is 11.7. The number of benzene rings is 1. The molecule has 132 valence electrons. The lowest BCUT2D eigenvalue weighted by Gasteiger charge is -2.36. The summed E-state index contributed by atoms with van der Waals surface area (Å²) in [6, 6.07) is 5.20. The fraction of sp³-hybridized carbons (Fsp3) is 0.467. The number of fused-ring (bicyclic) bond motifs is 1. The first-order chi connectivity index (χ1) is 11.4. The van der Waals surface area contributed by atoms with Gasteiger partial charge in [-0.05, 0) is 42.4 Å². The Morgan fingerprint density at radius 3 is 3.04 bits per heavy atom. The van der Waals surface area contributed by atoms with E-state index in [0.29, 0.717) is 23.6 Å². The Balaban J connectivity index is 1.78. The third-order valence-electron chi connectivity index (χ3n) is 4.22. The Hall–Kier alpha value is -1.97. The predicted molar refractivity (Wildman–Crippen MR) is 94.2 cm³/mol. The Morgan fingerprint density at radius 1 is 1.50 bits per heavy atom. The molecule has 5 N–H and O–H groups in total. The highest BCUT2D eigenvalue weighted by Gasteiger charge is 2.28. The second kappa shape index (κ2) is 6.50. The van der Waals surface area contributed by atoms with Crippen molar-refractivity contribution in [3.63, 3.8) is 0 Å². The van der Waals surface area contributed by atoms with Crippen molar-refractivity contribution in [1.29, 1.82) is 0 Å². The van der Waals surface area contributed by atoms with Gasteiger partial charge in [0.1, 0.15) is 12.4 Å². The molecule has 1 unspecified atom stereocenters. The van der Waals surface area contributed by atoms with Gasteiger partial charge in [-0.25, -0.2) is 0 Å². The quantitative estimate of drug-likeness (QED) is 0.660. The molecular weight excluding hydrogens is 332 g/mol. The van der Waals surface area contributed by atoms with E-state index in [2.05, 4.69) is 9.12 Å². The van der Waals surface area contributed by atoms with Crippen LogP contribution in [0.3, 0.4) is 0 Å². The van der Waals surface area contributed by atoms with Gasteiger partial charge in [0.05, 0.1) is 17.3 Å². The van der Waals surface area contributed by atoms with Crippen LogP contribution >= 0.6 is 11.0 Å². The molecule has 0 bridgehead atoms. The Bertz CT molecular complexity index is 679. The Morgan fingerprint density at radius 2 is 2.29 bits per heavy atom. The highest BCUT2D eigenvalue weighted by Crippen LogP contribution is 2.46. The van der Waals surface area contributed by atoms with E-state index >= 15 is 0 Å². The van der Waals surface area contributed by atoms with Crippen LogP contribution in [0.2, 0.25) is 0 Å². The van der Waals surface area contributed by atoms with Crippen LogP contribution in [-0.4, -0.2) is 44.9 Å². The summed E-state index contributed by atoms with van der Waals surface area (Å²) in [6.45, 7) is 2.68. The van der Waals surface area contributed by atoms with Crippen LogP contribution in [0.5, 0.6) is 5.75 Å². The van der Waals surface area contributed by atoms with Crippen LogP contribution in [0.25, 0.3) is 0 Å². The van der Waals surface area contributed by atoms with Crippen LogP contribution in [0.1, 0.15) is 31.7 Å². The van der Waals surface area contributed by atoms with Crippen molar-refractivity contribution < 1.29 is 18.6 Å². The van der Waals surface area contributed by atoms with Gasteiger partial charge in [-0.1, -0.05) is 6.07 Å². The zero-order chi connectivity index (χ0) is 17.3. The molecule has 0 aliphatic carbocycles. The lowest BCUT2D eigenvalue weighted by Crippen LogP contribution is -2.45. The molecule has 2 aliphatic heterocycles. The van der Waals surface area contributed by atoms with Crippen molar-refractivity contribution in [1.82, 2.24) is 4.90 Å². The second-order valence-electron chi connectivity index (χ2n) is 5.95. The fourth-order valence-electron chi connectivity index (χ4n) is 3.13. The number of carbonyl (C=O) groups is 1.